The van der Waals surface area contributed by atoms with Crippen molar-refractivity contribution >= 4 is 17.5 Å². The van der Waals surface area contributed by atoms with E-state index < -0.39 is 0 Å². The fourth-order valence-electron chi connectivity index (χ4n) is 3.61. The molecular formula is C25H30N4O3S. The molecule has 1 aliphatic heterocycles. The minimum atomic E-state index is 0.612. The number of benzene rings is 2. The predicted octanol–water partition coefficient (Wildman–Crippen LogP) is 5.44. The highest BCUT2D eigenvalue weighted by molar-refractivity contribution is 7.99. The second-order valence-electron chi connectivity index (χ2n) is 8.06. The predicted molar refractivity (Wildman–Crippen MR) is 132 cm³/mol. The number of fused-ring (bicyclic) bond motifs is 1. The Bertz CT molecular complexity index is 1150. The summed E-state index contributed by atoms with van der Waals surface area (Å²) in [6.07, 6.45) is 4.44. The molecule has 0 bridgehead atoms. The van der Waals surface area contributed by atoms with Crippen molar-refractivity contribution in [1.82, 2.24) is 14.9 Å². The van der Waals surface area contributed by atoms with Crippen LogP contribution < -0.4 is 14.2 Å². The summed E-state index contributed by atoms with van der Waals surface area (Å²) in [5.41, 5.74) is 3.84. The van der Waals surface area contributed by atoms with Crippen LogP contribution in [-0.2, 0) is 0 Å². The summed E-state index contributed by atoms with van der Waals surface area (Å²) in [6, 6.07) is 11.6. The van der Waals surface area contributed by atoms with E-state index in [-0.39, 0.29) is 0 Å². The molecule has 1 aliphatic carbocycles. The Balaban J connectivity index is 0.000000459. The standard InChI is InChI=1S/C20H20N4O3S.C5H10/c1-12-9-13(5-7-17(12)26-3)16-11-28-20-22-21-19(24(20)23-16)15-10-14(25-2)6-8-18(15)27-4;1-2-5-3-4-5/h5-10H,11H2,1-4H3;5H,2-4H2,1H3. The van der Waals surface area contributed by atoms with Gasteiger partial charge in [0.25, 0.3) is 0 Å². The zero-order valence-electron chi connectivity index (χ0n) is 19.8. The molecule has 0 atom stereocenters. The second kappa shape index (κ2) is 10.3. The van der Waals surface area contributed by atoms with Crippen LogP contribution in [0.5, 0.6) is 17.2 Å². The zero-order valence-corrected chi connectivity index (χ0v) is 20.6. The highest BCUT2D eigenvalue weighted by atomic mass is 32.2. The highest BCUT2D eigenvalue weighted by Crippen LogP contribution is 2.36. The Morgan fingerprint density at radius 2 is 1.73 bits per heavy atom. The maximum Gasteiger partial charge on any atom is 0.212 e. The second-order valence-corrected chi connectivity index (χ2v) is 9.00. The lowest BCUT2D eigenvalue weighted by atomic mass is 10.1. The van der Waals surface area contributed by atoms with Gasteiger partial charge in [0.1, 0.15) is 17.2 Å². The van der Waals surface area contributed by atoms with Gasteiger partial charge in [-0.25, -0.2) is 0 Å². The van der Waals surface area contributed by atoms with Crippen LogP contribution in [0.1, 0.15) is 37.3 Å². The molecule has 33 heavy (non-hydrogen) atoms. The van der Waals surface area contributed by atoms with E-state index >= 15 is 0 Å². The van der Waals surface area contributed by atoms with Gasteiger partial charge in [-0.05, 0) is 60.4 Å². The lowest BCUT2D eigenvalue weighted by Crippen LogP contribution is -2.14. The minimum absolute atomic E-state index is 0.612. The van der Waals surface area contributed by atoms with Gasteiger partial charge < -0.3 is 14.2 Å². The van der Waals surface area contributed by atoms with E-state index in [0.717, 1.165) is 45.0 Å². The molecule has 0 radical (unpaired) electrons. The fraction of sp³-hybridized carbons (Fsp3) is 0.400. The number of hydrogen-bond donors (Lipinski definition) is 0. The van der Waals surface area contributed by atoms with Crippen molar-refractivity contribution < 1.29 is 14.2 Å². The molecule has 3 aromatic rings. The van der Waals surface area contributed by atoms with Gasteiger partial charge in [0.2, 0.25) is 5.16 Å². The van der Waals surface area contributed by atoms with Gasteiger partial charge in [0.15, 0.2) is 5.82 Å². The van der Waals surface area contributed by atoms with Crippen LogP contribution in [0.3, 0.4) is 0 Å². The van der Waals surface area contributed by atoms with Crippen molar-refractivity contribution in [2.24, 2.45) is 11.0 Å². The minimum Gasteiger partial charge on any atom is -0.497 e. The van der Waals surface area contributed by atoms with Crippen LogP contribution in [-0.4, -0.2) is 47.7 Å². The Morgan fingerprint density at radius 3 is 2.33 bits per heavy atom. The summed E-state index contributed by atoms with van der Waals surface area (Å²) >= 11 is 1.60. The monoisotopic (exact) mass is 466 g/mol. The summed E-state index contributed by atoms with van der Waals surface area (Å²) < 4.78 is 18.0. The van der Waals surface area contributed by atoms with Crippen LogP contribution in [0, 0.1) is 12.8 Å². The van der Waals surface area contributed by atoms with Crippen LogP contribution in [0.25, 0.3) is 11.4 Å². The number of nitrogens with zero attached hydrogens (tertiary/aromatic N) is 4. The molecule has 2 aromatic carbocycles. The summed E-state index contributed by atoms with van der Waals surface area (Å²) in [6.45, 7) is 4.28. The topological polar surface area (TPSA) is 70.8 Å². The maximum absolute atomic E-state index is 5.51. The first-order valence-corrected chi connectivity index (χ1v) is 12.1. The van der Waals surface area contributed by atoms with Crippen LogP contribution in [0.4, 0.5) is 0 Å². The molecule has 5 rings (SSSR count). The van der Waals surface area contributed by atoms with Crippen molar-refractivity contribution in [3.8, 4) is 28.6 Å². The Kier molecular flexibility index (Phi) is 7.23. The normalized spacial score (nSPS) is 14.5. The van der Waals surface area contributed by atoms with Gasteiger partial charge in [-0.2, -0.15) is 9.78 Å². The lowest BCUT2D eigenvalue weighted by Gasteiger charge is -2.16. The number of methoxy groups -OCH3 is 3. The molecule has 0 saturated heterocycles. The number of ether oxygens (including phenoxy) is 3. The zero-order chi connectivity index (χ0) is 23.4. The molecule has 1 aromatic heterocycles. The first-order chi connectivity index (χ1) is 16.1. The molecule has 1 saturated carbocycles. The number of aromatic nitrogens is 3. The number of thioether (sulfide) groups is 1. The molecule has 8 heteroatoms. The molecule has 0 spiro atoms. The first kappa shape index (κ1) is 23.2. The lowest BCUT2D eigenvalue weighted by molar-refractivity contribution is 0.404. The summed E-state index contributed by atoms with van der Waals surface area (Å²) in [7, 11) is 4.93. The van der Waals surface area contributed by atoms with Crippen LogP contribution in [0.2, 0.25) is 0 Å². The van der Waals surface area contributed by atoms with Gasteiger partial charge in [-0.15, -0.1) is 10.2 Å². The van der Waals surface area contributed by atoms with Gasteiger partial charge in [-0.3, -0.25) is 0 Å². The average molecular weight is 467 g/mol. The van der Waals surface area contributed by atoms with Gasteiger partial charge >= 0.3 is 0 Å². The number of aryl methyl sites for hydroxylation is 1. The molecule has 1 fully saturated rings. The van der Waals surface area contributed by atoms with Crippen molar-refractivity contribution in [2.75, 3.05) is 27.1 Å². The fourth-order valence-corrected chi connectivity index (χ4v) is 4.45. The quantitative estimate of drug-likeness (QED) is 0.481. The molecule has 2 aliphatic rings. The van der Waals surface area contributed by atoms with E-state index in [1.54, 1.807) is 37.8 Å². The molecule has 174 valence electrons. The summed E-state index contributed by atoms with van der Waals surface area (Å²) in [5.74, 6) is 4.73. The van der Waals surface area contributed by atoms with E-state index in [0.29, 0.717) is 17.3 Å². The molecule has 0 N–H and O–H groups in total. The molecular weight excluding hydrogens is 436 g/mol. The van der Waals surface area contributed by atoms with Crippen molar-refractivity contribution in [2.45, 2.75) is 38.3 Å². The van der Waals surface area contributed by atoms with Crippen LogP contribution >= 0.6 is 11.8 Å². The van der Waals surface area contributed by atoms with Crippen molar-refractivity contribution in [3.63, 3.8) is 0 Å². The highest BCUT2D eigenvalue weighted by Gasteiger charge is 2.23. The Hall–Kier alpha value is -3.00. The third-order valence-electron chi connectivity index (χ3n) is 5.82. The van der Waals surface area contributed by atoms with E-state index in [1.165, 1.54) is 19.3 Å². The van der Waals surface area contributed by atoms with Gasteiger partial charge in [0, 0.05) is 5.75 Å². The van der Waals surface area contributed by atoms with E-state index in [1.807, 2.05) is 37.3 Å². The average Bonchev–Trinajstić information content (AvgIpc) is 3.61. The van der Waals surface area contributed by atoms with Gasteiger partial charge in [0.05, 0.1) is 32.6 Å². The first-order valence-electron chi connectivity index (χ1n) is 11.1. The largest absolute Gasteiger partial charge is 0.497 e. The van der Waals surface area contributed by atoms with E-state index in [9.17, 15) is 0 Å². The Morgan fingerprint density at radius 1 is 0.970 bits per heavy atom. The van der Waals surface area contributed by atoms with E-state index in [2.05, 4.69) is 23.2 Å². The maximum atomic E-state index is 5.51. The van der Waals surface area contributed by atoms with Crippen LogP contribution in [0.15, 0.2) is 46.7 Å². The van der Waals surface area contributed by atoms with Crippen molar-refractivity contribution in [3.05, 3.63) is 47.5 Å². The third kappa shape index (κ3) is 5.16. The number of rotatable bonds is 6. The molecule has 2 heterocycles. The summed E-state index contributed by atoms with van der Waals surface area (Å²) in [4.78, 5) is 0. The third-order valence-corrected chi connectivity index (χ3v) is 6.75. The van der Waals surface area contributed by atoms with Crippen molar-refractivity contribution in [1.29, 1.82) is 0 Å². The summed E-state index contributed by atoms with van der Waals surface area (Å²) in [5, 5.41) is 14.2. The van der Waals surface area contributed by atoms with Gasteiger partial charge in [-0.1, -0.05) is 37.9 Å². The number of hydrogen-bond acceptors (Lipinski definition) is 7. The smallest absolute Gasteiger partial charge is 0.212 e. The SMILES string of the molecule is CCC1CC1.COc1ccc(OC)c(-c2nnc3n2N=C(c2ccc(OC)c(C)c2)CS3)c1. The molecule has 0 amide bonds. The molecule has 0 unspecified atom stereocenters. The van der Waals surface area contributed by atoms with E-state index in [4.69, 9.17) is 19.3 Å². The Labute approximate surface area is 199 Å². The molecule has 7 nitrogen and oxygen atoms in total.